The molecule has 1 heterocycles. The number of alkyl halides is 1. The third-order valence-corrected chi connectivity index (χ3v) is 4.85. The van der Waals surface area contributed by atoms with Gasteiger partial charge in [-0.15, -0.1) is 24.0 Å². The summed E-state index contributed by atoms with van der Waals surface area (Å²) in [4.78, 5) is 15.3. The van der Waals surface area contributed by atoms with Crippen LogP contribution < -0.4 is 0 Å². The highest BCUT2D eigenvalue weighted by molar-refractivity contribution is 7.91. The molecule has 108 valence electrons. The maximum Gasteiger partial charge on any atom is 0.237 e. The van der Waals surface area contributed by atoms with E-state index in [-0.39, 0.29) is 41.7 Å². The van der Waals surface area contributed by atoms with Gasteiger partial charge in [0.05, 0.1) is 11.5 Å². The average Bonchev–Trinajstić information content (AvgIpc) is 2.58. The van der Waals surface area contributed by atoms with Crippen LogP contribution in [0.15, 0.2) is 0 Å². The molecule has 1 rings (SSSR count). The molecule has 0 aromatic carbocycles. The molecule has 0 spiro atoms. The van der Waals surface area contributed by atoms with Gasteiger partial charge >= 0.3 is 0 Å². The first-order chi connectivity index (χ1) is 7.85. The first-order valence-electron chi connectivity index (χ1n) is 5.56. The number of carbonyl (C=O) groups excluding carboxylic acids is 1. The van der Waals surface area contributed by atoms with Gasteiger partial charge in [-0.3, -0.25) is 4.79 Å². The number of amides is 1. The fourth-order valence-electron chi connectivity index (χ4n) is 1.92. The minimum absolute atomic E-state index is 0. The predicted octanol–water partition coefficient (Wildman–Crippen LogP) is 0.224. The number of likely N-dealkylation sites (N-methyl/N-ethyl adjacent to an activating group) is 1. The van der Waals surface area contributed by atoms with E-state index in [0.29, 0.717) is 19.5 Å². The molecule has 0 bridgehead atoms. The van der Waals surface area contributed by atoms with Gasteiger partial charge in [0.1, 0.15) is 5.88 Å². The van der Waals surface area contributed by atoms with Crippen LogP contribution in [0.5, 0.6) is 0 Å². The zero-order valence-corrected chi connectivity index (χ0v) is 13.0. The molecule has 0 N–H and O–H groups in total. The smallest absolute Gasteiger partial charge is 0.237 e. The monoisotopic (exact) mass is 318 g/mol. The standard InChI is InChI=1S/C10H19ClN2O3S.ClH/c1-12(2)4-5-13(10(14)7-11)9-3-6-17(15,16)8-9;/h9H,3-8H2,1-2H3;1H. The highest BCUT2D eigenvalue weighted by Gasteiger charge is 2.34. The molecule has 0 aromatic rings. The van der Waals surface area contributed by atoms with Crippen LogP contribution >= 0.6 is 24.0 Å². The quantitative estimate of drug-likeness (QED) is 0.681. The number of sulfone groups is 1. The second-order valence-corrected chi connectivity index (χ2v) is 7.08. The van der Waals surface area contributed by atoms with Gasteiger partial charge in [0.25, 0.3) is 0 Å². The van der Waals surface area contributed by atoms with E-state index in [2.05, 4.69) is 0 Å². The zero-order chi connectivity index (χ0) is 13.1. The Kier molecular flexibility index (Phi) is 7.51. The van der Waals surface area contributed by atoms with E-state index in [9.17, 15) is 13.2 Å². The maximum absolute atomic E-state index is 11.7. The van der Waals surface area contributed by atoms with Crippen LogP contribution in [0.2, 0.25) is 0 Å². The van der Waals surface area contributed by atoms with Crippen LogP contribution in [-0.2, 0) is 14.6 Å². The Morgan fingerprint density at radius 3 is 2.33 bits per heavy atom. The summed E-state index contributed by atoms with van der Waals surface area (Å²) < 4.78 is 22.8. The van der Waals surface area contributed by atoms with Gasteiger partial charge in [-0.1, -0.05) is 0 Å². The molecular weight excluding hydrogens is 299 g/mol. The molecule has 0 saturated carbocycles. The van der Waals surface area contributed by atoms with Gasteiger partial charge in [0.15, 0.2) is 9.84 Å². The summed E-state index contributed by atoms with van der Waals surface area (Å²) in [6.07, 6.45) is 0.526. The van der Waals surface area contributed by atoms with Crippen LogP contribution in [0, 0.1) is 0 Å². The van der Waals surface area contributed by atoms with Crippen molar-refractivity contribution in [2.75, 3.05) is 44.6 Å². The molecular formula is C10H20Cl2N2O3S. The van der Waals surface area contributed by atoms with Crippen LogP contribution in [0.25, 0.3) is 0 Å². The van der Waals surface area contributed by atoms with E-state index in [1.165, 1.54) is 0 Å². The molecule has 1 amide bonds. The topological polar surface area (TPSA) is 57.7 Å². The summed E-state index contributed by atoms with van der Waals surface area (Å²) >= 11 is 5.56. The molecule has 8 heteroatoms. The lowest BCUT2D eigenvalue weighted by Crippen LogP contribution is -2.45. The van der Waals surface area contributed by atoms with Crippen LogP contribution in [0.3, 0.4) is 0 Å². The maximum atomic E-state index is 11.7. The first kappa shape index (κ1) is 18.0. The third-order valence-electron chi connectivity index (χ3n) is 2.87. The van der Waals surface area contributed by atoms with E-state index >= 15 is 0 Å². The molecule has 1 saturated heterocycles. The molecule has 18 heavy (non-hydrogen) atoms. The average molecular weight is 319 g/mol. The lowest BCUT2D eigenvalue weighted by molar-refractivity contribution is -0.130. The number of halogens is 2. The van der Waals surface area contributed by atoms with Crippen LogP contribution in [0.1, 0.15) is 6.42 Å². The van der Waals surface area contributed by atoms with E-state index in [0.717, 1.165) is 0 Å². The van der Waals surface area contributed by atoms with Gasteiger partial charge < -0.3 is 9.80 Å². The number of carbonyl (C=O) groups is 1. The van der Waals surface area contributed by atoms with Crippen molar-refractivity contribution in [3.8, 4) is 0 Å². The normalized spacial score (nSPS) is 21.7. The summed E-state index contributed by atoms with van der Waals surface area (Å²) in [5, 5.41) is 0. The van der Waals surface area contributed by atoms with Crippen molar-refractivity contribution in [2.24, 2.45) is 0 Å². The number of nitrogens with zero attached hydrogens (tertiary/aromatic N) is 2. The van der Waals surface area contributed by atoms with Crippen molar-refractivity contribution in [3.63, 3.8) is 0 Å². The van der Waals surface area contributed by atoms with Crippen LogP contribution in [0.4, 0.5) is 0 Å². The largest absolute Gasteiger partial charge is 0.336 e. The van der Waals surface area contributed by atoms with Crippen molar-refractivity contribution in [1.29, 1.82) is 0 Å². The molecule has 0 aromatic heterocycles. The van der Waals surface area contributed by atoms with E-state index < -0.39 is 9.84 Å². The molecule has 1 fully saturated rings. The summed E-state index contributed by atoms with van der Waals surface area (Å²) in [7, 11) is 0.852. The summed E-state index contributed by atoms with van der Waals surface area (Å²) in [6.45, 7) is 1.23. The Hall–Kier alpha value is -0.0400. The lowest BCUT2D eigenvalue weighted by Gasteiger charge is -2.28. The molecule has 1 aliphatic rings. The Bertz CT molecular complexity index is 373. The van der Waals surface area contributed by atoms with Crippen molar-refractivity contribution in [2.45, 2.75) is 12.5 Å². The SMILES string of the molecule is CN(C)CCN(C(=O)CCl)C1CCS(=O)(=O)C1.Cl. The van der Waals surface area contributed by atoms with Crippen molar-refractivity contribution in [3.05, 3.63) is 0 Å². The van der Waals surface area contributed by atoms with Crippen LogP contribution in [-0.4, -0.2) is 74.7 Å². The first-order valence-corrected chi connectivity index (χ1v) is 7.92. The summed E-state index contributed by atoms with van der Waals surface area (Å²) in [6, 6.07) is -0.203. The van der Waals surface area contributed by atoms with Crippen molar-refractivity contribution < 1.29 is 13.2 Å². The van der Waals surface area contributed by atoms with Gasteiger partial charge in [-0.2, -0.15) is 0 Å². The molecule has 1 aliphatic heterocycles. The Balaban J connectivity index is 0.00000289. The number of rotatable bonds is 5. The third kappa shape index (κ3) is 5.30. The number of hydrogen-bond acceptors (Lipinski definition) is 4. The number of hydrogen-bond donors (Lipinski definition) is 0. The highest BCUT2D eigenvalue weighted by Crippen LogP contribution is 2.18. The predicted molar refractivity (Wildman–Crippen MR) is 75.3 cm³/mol. The molecule has 1 unspecified atom stereocenters. The van der Waals surface area contributed by atoms with Gasteiger partial charge in [0.2, 0.25) is 5.91 Å². The fourth-order valence-corrected chi connectivity index (χ4v) is 3.80. The second-order valence-electron chi connectivity index (χ2n) is 4.58. The molecule has 1 atom stereocenters. The Morgan fingerprint density at radius 2 is 1.94 bits per heavy atom. The van der Waals surface area contributed by atoms with Crippen molar-refractivity contribution >= 4 is 39.8 Å². The molecule has 0 radical (unpaired) electrons. The van der Waals surface area contributed by atoms with Gasteiger partial charge in [-0.05, 0) is 20.5 Å². The van der Waals surface area contributed by atoms with Crippen molar-refractivity contribution in [1.82, 2.24) is 9.80 Å². The van der Waals surface area contributed by atoms with E-state index in [1.54, 1.807) is 4.90 Å². The Morgan fingerprint density at radius 1 is 1.33 bits per heavy atom. The summed E-state index contributed by atoms with van der Waals surface area (Å²) in [5.41, 5.74) is 0. The summed E-state index contributed by atoms with van der Waals surface area (Å²) in [5.74, 6) is -0.0331. The van der Waals surface area contributed by atoms with E-state index in [1.807, 2.05) is 19.0 Å². The van der Waals surface area contributed by atoms with Gasteiger partial charge in [0, 0.05) is 19.1 Å². The fraction of sp³-hybridized carbons (Fsp3) is 0.900. The molecule has 0 aliphatic carbocycles. The lowest BCUT2D eigenvalue weighted by atomic mass is 10.2. The zero-order valence-electron chi connectivity index (χ0n) is 10.6. The Labute approximate surface area is 120 Å². The second kappa shape index (κ2) is 7.53. The highest BCUT2D eigenvalue weighted by atomic mass is 35.5. The molecule has 5 nitrogen and oxygen atoms in total. The van der Waals surface area contributed by atoms with E-state index in [4.69, 9.17) is 11.6 Å². The minimum Gasteiger partial charge on any atom is -0.336 e. The minimum atomic E-state index is -2.97. The van der Waals surface area contributed by atoms with Gasteiger partial charge in [-0.25, -0.2) is 8.42 Å².